The van der Waals surface area contributed by atoms with Gasteiger partial charge in [-0.1, -0.05) is 28.1 Å². The fourth-order valence-corrected chi connectivity index (χ4v) is 2.08. The normalized spacial score (nSPS) is 11.5. The zero-order valence-corrected chi connectivity index (χ0v) is 13.5. The molecule has 0 bridgehead atoms. The standard InChI is InChI=1S/C16H15BrN2O3/c1-11(12-2-4-14(17)5-3-12)19-15(20)10-22-16(21)13-6-8-18-9-7-13/h2-9,11H,10H2,1H3,(H,19,20)/t11-/m1/s1. The van der Waals surface area contributed by atoms with E-state index in [2.05, 4.69) is 26.2 Å². The molecule has 2 rings (SSSR count). The van der Waals surface area contributed by atoms with Gasteiger partial charge in [0.15, 0.2) is 6.61 Å². The number of benzene rings is 1. The highest BCUT2D eigenvalue weighted by Gasteiger charge is 2.13. The lowest BCUT2D eigenvalue weighted by Gasteiger charge is -2.14. The summed E-state index contributed by atoms with van der Waals surface area (Å²) in [7, 11) is 0. The summed E-state index contributed by atoms with van der Waals surface area (Å²) in [5.74, 6) is -0.897. The molecule has 2 aromatic rings. The van der Waals surface area contributed by atoms with Crippen LogP contribution in [0.5, 0.6) is 0 Å². The molecule has 0 fully saturated rings. The second-order valence-electron chi connectivity index (χ2n) is 4.65. The molecule has 0 spiro atoms. The Morgan fingerprint density at radius 3 is 2.45 bits per heavy atom. The van der Waals surface area contributed by atoms with Crippen molar-refractivity contribution in [3.63, 3.8) is 0 Å². The predicted molar refractivity (Wildman–Crippen MR) is 85.2 cm³/mol. The third-order valence-electron chi connectivity index (χ3n) is 3.00. The summed E-state index contributed by atoms with van der Waals surface area (Å²) in [5, 5.41) is 2.78. The van der Waals surface area contributed by atoms with Gasteiger partial charge in [-0.25, -0.2) is 4.79 Å². The summed E-state index contributed by atoms with van der Waals surface area (Å²) in [5.41, 5.74) is 1.33. The van der Waals surface area contributed by atoms with E-state index in [1.54, 1.807) is 0 Å². The second-order valence-corrected chi connectivity index (χ2v) is 5.57. The Morgan fingerprint density at radius 1 is 1.18 bits per heavy atom. The number of hydrogen-bond acceptors (Lipinski definition) is 4. The Morgan fingerprint density at radius 2 is 1.82 bits per heavy atom. The number of esters is 1. The molecule has 5 nitrogen and oxygen atoms in total. The monoisotopic (exact) mass is 362 g/mol. The van der Waals surface area contributed by atoms with Gasteiger partial charge in [0.05, 0.1) is 11.6 Å². The van der Waals surface area contributed by atoms with E-state index in [4.69, 9.17) is 4.74 Å². The molecule has 1 heterocycles. The van der Waals surface area contributed by atoms with Crippen LogP contribution in [-0.4, -0.2) is 23.5 Å². The highest BCUT2D eigenvalue weighted by Crippen LogP contribution is 2.16. The first-order chi connectivity index (χ1) is 10.6. The van der Waals surface area contributed by atoms with Crippen LogP contribution in [-0.2, 0) is 9.53 Å². The first-order valence-electron chi connectivity index (χ1n) is 6.68. The average Bonchev–Trinajstić information content (AvgIpc) is 2.54. The van der Waals surface area contributed by atoms with Crippen LogP contribution in [0.3, 0.4) is 0 Å². The van der Waals surface area contributed by atoms with E-state index in [9.17, 15) is 9.59 Å². The quantitative estimate of drug-likeness (QED) is 0.830. The highest BCUT2D eigenvalue weighted by atomic mass is 79.9. The average molecular weight is 363 g/mol. The number of rotatable bonds is 5. The summed E-state index contributed by atoms with van der Waals surface area (Å²) in [4.78, 5) is 27.3. The van der Waals surface area contributed by atoms with Crippen LogP contribution in [0.4, 0.5) is 0 Å². The number of carbonyl (C=O) groups is 2. The minimum absolute atomic E-state index is 0.166. The van der Waals surface area contributed by atoms with Crippen LogP contribution in [0, 0.1) is 0 Å². The third kappa shape index (κ3) is 4.66. The minimum Gasteiger partial charge on any atom is -0.452 e. The summed E-state index contributed by atoms with van der Waals surface area (Å²) in [6.45, 7) is 1.55. The van der Waals surface area contributed by atoms with Crippen molar-refractivity contribution in [3.8, 4) is 0 Å². The zero-order chi connectivity index (χ0) is 15.9. The molecule has 0 aliphatic heterocycles. The van der Waals surface area contributed by atoms with E-state index in [1.807, 2.05) is 31.2 Å². The Kier molecular flexibility index (Phi) is 5.66. The smallest absolute Gasteiger partial charge is 0.338 e. The van der Waals surface area contributed by atoms with E-state index >= 15 is 0 Å². The summed E-state index contributed by atoms with van der Waals surface area (Å²) in [6.07, 6.45) is 2.98. The Bertz CT molecular complexity index is 644. The second kappa shape index (κ2) is 7.70. The number of hydrogen-bond donors (Lipinski definition) is 1. The molecule has 22 heavy (non-hydrogen) atoms. The van der Waals surface area contributed by atoms with Gasteiger partial charge in [-0.15, -0.1) is 0 Å². The maximum absolute atomic E-state index is 11.8. The number of aromatic nitrogens is 1. The maximum atomic E-state index is 11.8. The van der Waals surface area contributed by atoms with Gasteiger partial charge in [0, 0.05) is 16.9 Å². The van der Waals surface area contributed by atoms with Gasteiger partial charge < -0.3 is 10.1 Å². The van der Waals surface area contributed by atoms with E-state index in [0.717, 1.165) is 10.0 Å². The number of halogens is 1. The van der Waals surface area contributed by atoms with Crippen molar-refractivity contribution in [3.05, 3.63) is 64.4 Å². The van der Waals surface area contributed by atoms with Gasteiger partial charge >= 0.3 is 5.97 Å². The fourth-order valence-electron chi connectivity index (χ4n) is 1.82. The minimum atomic E-state index is -0.547. The molecule has 0 radical (unpaired) electrons. The molecule has 0 saturated carbocycles. The number of ether oxygens (including phenoxy) is 1. The summed E-state index contributed by atoms with van der Waals surface area (Å²) >= 11 is 3.36. The van der Waals surface area contributed by atoms with Crippen molar-refractivity contribution in [1.29, 1.82) is 0 Å². The number of carbonyl (C=O) groups excluding carboxylic acids is 2. The molecule has 0 aliphatic rings. The molecule has 1 N–H and O–H groups in total. The fraction of sp³-hybridized carbons (Fsp3) is 0.188. The van der Waals surface area contributed by atoms with Crippen molar-refractivity contribution in [2.45, 2.75) is 13.0 Å². The highest BCUT2D eigenvalue weighted by molar-refractivity contribution is 9.10. The molecular weight excluding hydrogens is 348 g/mol. The van der Waals surface area contributed by atoms with E-state index < -0.39 is 5.97 Å². The number of nitrogens with zero attached hydrogens (tertiary/aromatic N) is 1. The summed E-state index contributed by atoms with van der Waals surface area (Å²) in [6, 6.07) is 10.5. The lowest BCUT2D eigenvalue weighted by Crippen LogP contribution is -2.31. The molecule has 1 atom stereocenters. The van der Waals surface area contributed by atoms with Gasteiger partial charge in [-0.2, -0.15) is 0 Å². The molecular formula is C16H15BrN2O3. The van der Waals surface area contributed by atoms with Crippen LogP contribution in [0.2, 0.25) is 0 Å². The molecule has 0 aliphatic carbocycles. The van der Waals surface area contributed by atoms with Crippen molar-refractivity contribution < 1.29 is 14.3 Å². The van der Waals surface area contributed by atoms with Crippen molar-refractivity contribution >= 4 is 27.8 Å². The van der Waals surface area contributed by atoms with Gasteiger partial charge in [-0.05, 0) is 36.8 Å². The number of nitrogens with one attached hydrogen (secondary N) is 1. The van der Waals surface area contributed by atoms with Crippen LogP contribution >= 0.6 is 15.9 Å². The van der Waals surface area contributed by atoms with Crippen molar-refractivity contribution in [2.75, 3.05) is 6.61 Å². The number of amides is 1. The maximum Gasteiger partial charge on any atom is 0.338 e. The molecule has 0 saturated heterocycles. The van der Waals surface area contributed by atoms with E-state index in [1.165, 1.54) is 24.5 Å². The molecule has 1 amide bonds. The molecule has 1 aromatic carbocycles. The number of pyridine rings is 1. The van der Waals surface area contributed by atoms with Crippen LogP contribution in [0.25, 0.3) is 0 Å². The molecule has 114 valence electrons. The lowest BCUT2D eigenvalue weighted by atomic mass is 10.1. The van der Waals surface area contributed by atoms with Gasteiger partial charge in [-0.3, -0.25) is 9.78 Å². The molecule has 6 heteroatoms. The molecule has 1 aromatic heterocycles. The van der Waals surface area contributed by atoms with E-state index in [0.29, 0.717) is 5.56 Å². The van der Waals surface area contributed by atoms with Crippen molar-refractivity contribution in [1.82, 2.24) is 10.3 Å². The Hall–Kier alpha value is -2.21. The van der Waals surface area contributed by atoms with Gasteiger partial charge in [0.1, 0.15) is 0 Å². The Balaban J connectivity index is 1.83. The zero-order valence-electron chi connectivity index (χ0n) is 12.0. The summed E-state index contributed by atoms with van der Waals surface area (Å²) < 4.78 is 5.93. The van der Waals surface area contributed by atoms with Gasteiger partial charge in [0.25, 0.3) is 5.91 Å². The first-order valence-corrected chi connectivity index (χ1v) is 7.47. The SMILES string of the molecule is C[C@@H](NC(=O)COC(=O)c1ccncc1)c1ccc(Br)cc1. The van der Waals surface area contributed by atoms with Crippen LogP contribution in [0.15, 0.2) is 53.3 Å². The third-order valence-corrected chi connectivity index (χ3v) is 3.53. The first kappa shape index (κ1) is 16.2. The topological polar surface area (TPSA) is 68.3 Å². The van der Waals surface area contributed by atoms with Crippen LogP contribution < -0.4 is 5.32 Å². The Labute approximate surface area is 136 Å². The van der Waals surface area contributed by atoms with Gasteiger partial charge in [0.2, 0.25) is 0 Å². The molecule has 0 unspecified atom stereocenters. The van der Waals surface area contributed by atoms with E-state index in [-0.39, 0.29) is 18.6 Å². The van der Waals surface area contributed by atoms with Crippen molar-refractivity contribution in [2.24, 2.45) is 0 Å². The largest absolute Gasteiger partial charge is 0.452 e. The lowest BCUT2D eigenvalue weighted by molar-refractivity contribution is -0.124. The van der Waals surface area contributed by atoms with Crippen LogP contribution in [0.1, 0.15) is 28.9 Å². The predicted octanol–water partition coefficient (Wildman–Crippen LogP) is 2.88.